The Hall–Kier alpha value is -2.45. The van der Waals surface area contributed by atoms with Gasteiger partial charge in [-0.2, -0.15) is 4.98 Å². The van der Waals surface area contributed by atoms with Crippen LogP contribution in [0.5, 0.6) is 0 Å². The summed E-state index contributed by atoms with van der Waals surface area (Å²) in [4.78, 5) is 22.8. The minimum absolute atomic E-state index is 0.120. The first kappa shape index (κ1) is 17.9. The van der Waals surface area contributed by atoms with Crippen LogP contribution in [0.15, 0.2) is 28.1 Å². The van der Waals surface area contributed by atoms with Crippen molar-refractivity contribution in [2.75, 3.05) is 29.9 Å². The van der Waals surface area contributed by atoms with Gasteiger partial charge in [-0.05, 0) is 38.4 Å². The molecule has 1 aliphatic heterocycles. The van der Waals surface area contributed by atoms with E-state index >= 15 is 0 Å². The fraction of sp³-hybridized carbons (Fsp3) is 0.421. The van der Waals surface area contributed by atoms with E-state index < -0.39 is 0 Å². The van der Waals surface area contributed by atoms with Crippen LogP contribution in [0.25, 0.3) is 21.7 Å². The van der Waals surface area contributed by atoms with Crippen molar-refractivity contribution in [3.63, 3.8) is 0 Å². The number of thiazole rings is 1. The molecule has 1 saturated heterocycles. The average molecular weight is 385 g/mol. The third-order valence-electron chi connectivity index (χ3n) is 4.72. The normalized spacial score (nSPS) is 16.7. The van der Waals surface area contributed by atoms with Gasteiger partial charge in [0.25, 0.3) is 6.01 Å². The summed E-state index contributed by atoms with van der Waals surface area (Å²) in [7, 11) is 0. The lowest BCUT2D eigenvalue weighted by Crippen LogP contribution is -2.37. The molecule has 0 radical (unpaired) electrons. The number of carbonyl (C=O) groups is 1. The van der Waals surface area contributed by atoms with Crippen molar-refractivity contribution in [1.29, 1.82) is 0 Å². The highest BCUT2D eigenvalue weighted by atomic mass is 32.1. The van der Waals surface area contributed by atoms with E-state index in [4.69, 9.17) is 9.40 Å². The topological polar surface area (TPSA) is 83.3 Å². The molecule has 2 N–H and O–H groups in total. The number of rotatable bonds is 6. The molecule has 27 heavy (non-hydrogen) atoms. The van der Waals surface area contributed by atoms with Crippen molar-refractivity contribution in [2.24, 2.45) is 0 Å². The van der Waals surface area contributed by atoms with Crippen LogP contribution in [0.1, 0.15) is 26.7 Å². The second-order valence-electron chi connectivity index (χ2n) is 6.72. The molecule has 0 bridgehead atoms. The van der Waals surface area contributed by atoms with E-state index in [0.717, 1.165) is 35.7 Å². The summed E-state index contributed by atoms with van der Waals surface area (Å²) in [5, 5.41) is 9.13. The third-order valence-corrected chi connectivity index (χ3v) is 5.52. The zero-order valence-electron chi connectivity index (χ0n) is 15.5. The first-order valence-corrected chi connectivity index (χ1v) is 10.1. The highest BCUT2D eigenvalue weighted by Crippen LogP contribution is 2.35. The summed E-state index contributed by atoms with van der Waals surface area (Å²) in [6.45, 7) is 6.36. The van der Waals surface area contributed by atoms with Gasteiger partial charge < -0.3 is 20.0 Å². The molecule has 142 valence electrons. The predicted molar refractivity (Wildman–Crippen MR) is 108 cm³/mol. The van der Waals surface area contributed by atoms with E-state index in [0.29, 0.717) is 23.3 Å². The van der Waals surface area contributed by atoms with E-state index in [9.17, 15) is 4.79 Å². The lowest BCUT2D eigenvalue weighted by Gasteiger charge is -2.22. The van der Waals surface area contributed by atoms with Crippen molar-refractivity contribution in [3.05, 3.63) is 23.7 Å². The number of likely N-dealkylation sites (N-methyl/N-ethyl adjacent to an activating group) is 1. The van der Waals surface area contributed by atoms with Gasteiger partial charge in [-0.15, -0.1) is 11.3 Å². The van der Waals surface area contributed by atoms with Crippen LogP contribution in [-0.4, -0.2) is 41.6 Å². The van der Waals surface area contributed by atoms with E-state index in [1.807, 2.05) is 17.5 Å². The summed E-state index contributed by atoms with van der Waals surface area (Å²) in [5.74, 6) is -0.120. The molecule has 0 saturated carbocycles. The number of hydrogen-bond donors (Lipinski definition) is 2. The largest absolute Gasteiger partial charge is 0.423 e. The number of nitrogens with zero attached hydrogens (tertiary/aromatic N) is 3. The number of amides is 1. The molecule has 8 heteroatoms. The number of fused-ring (bicyclic) bond motifs is 1. The second-order valence-corrected chi connectivity index (χ2v) is 7.61. The molecule has 3 heterocycles. The van der Waals surface area contributed by atoms with Gasteiger partial charge >= 0.3 is 0 Å². The lowest BCUT2D eigenvalue weighted by molar-refractivity contribution is -0.114. The molecule has 1 fully saturated rings. The van der Waals surface area contributed by atoms with Crippen LogP contribution in [-0.2, 0) is 4.79 Å². The van der Waals surface area contributed by atoms with Crippen molar-refractivity contribution in [2.45, 2.75) is 32.7 Å². The maximum atomic E-state index is 11.5. The van der Waals surface area contributed by atoms with E-state index in [1.165, 1.54) is 31.1 Å². The molecule has 1 aliphatic rings. The molecule has 1 unspecified atom stereocenters. The quantitative estimate of drug-likeness (QED) is 0.676. The Bertz CT molecular complexity index is 931. The molecule has 0 aliphatic carbocycles. The highest BCUT2D eigenvalue weighted by molar-refractivity contribution is 7.13. The molecule has 4 rings (SSSR count). The highest BCUT2D eigenvalue weighted by Gasteiger charge is 2.22. The molecule has 1 atom stereocenters. The van der Waals surface area contributed by atoms with Crippen molar-refractivity contribution >= 4 is 40.0 Å². The van der Waals surface area contributed by atoms with Crippen molar-refractivity contribution < 1.29 is 9.21 Å². The summed E-state index contributed by atoms with van der Waals surface area (Å²) < 4.78 is 6.19. The number of nitrogens with one attached hydrogen (secondary N) is 2. The fourth-order valence-electron chi connectivity index (χ4n) is 3.47. The fourth-order valence-corrected chi connectivity index (χ4v) is 4.12. The Morgan fingerprint density at radius 3 is 3.04 bits per heavy atom. The van der Waals surface area contributed by atoms with Gasteiger partial charge in [0.15, 0.2) is 5.58 Å². The SMILES string of the molecule is CCN(CC1CCCN1)c1nc2cc(NC(C)=O)cc(-c3nccs3)c2o1. The molecule has 1 aromatic carbocycles. The van der Waals surface area contributed by atoms with Crippen LogP contribution >= 0.6 is 11.3 Å². The van der Waals surface area contributed by atoms with E-state index in [1.54, 1.807) is 6.20 Å². The number of anilines is 2. The van der Waals surface area contributed by atoms with Gasteiger partial charge in [0.2, 0.25) is 5.91 Å². The van der Waals surface area contributed by atoms with Crippen molar-refractivity contribution in [3.8, 4) is 10.6 Å². The molecule has 7 nitrogen and oxygen atoms in total. The monoisotopic (exact) mass is 385 g/mol. The Morgan fingerprint density at radius 1 is 1.48 bits per heavy atom. The Balaban J connectivity index is 1.75. The summed E-state index contributed by atoms with van der Waals surface area (Å²) in [6, 6.07) is 4.82. The first-order chi connectivity index (χ1) is 13.1. The Labute approximate surface area is 161 Å². The maximum Gasteiger partial charge on any atom is 0.298 e. The summed E-state index contributed by atoms with van der Waals surface area (Å²) in [6.07, 6.45) is 4.15. The summed E-state index contributed by atoms with van der Waals surface area (Å²) >= 11 is 1.53. The van der Waals surface area contributed by atoms with Gasteiger partial charge in [0, 0.05) is 43.3 Å². The number of hydrogen-bond acceptors (Lipinski definition) is 7. The first-order valence-electron chi connectivity index (χ1n) is 9.24. The number of oxazole rings is 1. The minimum atomic E-state index is -0.120. The van der Waals surface area contributed by atoms with E-state index in [-0.39, 0.29) is 5.91 Å². The molecule has 0 spiro atoms. The smallest absolute Gasteiger partial charge is 0.298 e. The number of carbonyl (C=O) groups excluding carboxylic acids is 1. The van der Waals surface area contributed by atoms with Crippen LogP contribution in [0.4, 0.5) is 11.7 Å². The van der Waals surface area contributed by atoms with Gasteiger partial charge in [0.1, 0.15) is 10.5 Å². The van der Waals surface area contributed by atoms with Crippen LogP contribution in [0, 0.1) is 0 Å². The van der Waals surface area contributed by atoms with Gasteiger partial charge in [-0.3, -0.25) is 4.79 Å². The standard InChI is InChI=1S/C19H23N5O2S/c1-3-24(11-13-5-4-6-20-13)19-23-16-10-14(22-12(2)25)9-15(17(16)26-19)18-21-7-8-27-18/h7-10,13,20H,3-6,11H2,1-2H3,(H,22,25). The minimum Gasteiger partial charge on any atom is -0.423 e. The Morgan fingerprint density at radius 2 is 2.37 bits per heavy atom. The molecule has 1 amide bonds. The van der Waals surface area contributed by atoms with Gasteiger partial charge in [-0.25, -0.2) is 4.98 Å². The van der Waals surface area contributed by atoms with Crippen LogP contribution < -0.4 is 15.5 Å². The zero-order valence-corrected chi connectivity index (χ0v) is 16.3. The van der Waals surface area contributed by atoms with Crippen molar-refractivity contribution in [1.82, 2.24) is 15.3 Å². The molecule has 2 aromatic heterocycles. The number of aromatic nitrogens is 2. The maximum absolute atomic E-state index is 11.5. The molecule has 3 aromatic rings. The van der Waals surface area contributed by atoms with E-state index in [2.05, 4.69) is 27.4 Å². The average Bonchev–Trinajstić information content (AvgIpc) is 3.38. The van der Waals surface area contributed by atoms with Crippen LogP contribution in [0.2, 0.25) is 0 Å². The third kappa shape index (κ3) is 3.81. The predicted octanol–water partition coefficient (Wildman–Crippen LogP) is 3.49. The van der Waals surface area contributed by atoms with Crippen LogP contribution in [0.3, 0.4) is 0 Å². The summed E-state index contributed by atoms with van der Waals surface area (Å²) in [5.41, 5.74) is 2.96. The lowest BCUT2D eigenvalue weighted by atomic mass is 10.1. The molecular weight excluding hydrogens is 362 g/mol. The zero-order chi connectivity index (χ0) is 18.8. The number of benzene rings is 1. The van der Waals surface area contributed by atoms with Gasteiger partial charge in [-0.1, -0.05) is 0 Å². The Kier molecular flexibility index (Phi) is 5.09. The van der Waals surface area contributed by atoms with Gasteiger partial charge in [0.05, 0.1) is 5.56 Å². The molecular formula is C19H23N5O2S. The second kappa shape index (κ2) is 7.66.